The highest BCUT2D eigenvalue weighted by atomic mass is 16.5. The number of hydrogen-bond donors (Lipinski definition) is 1. The molecule has 0 saturated carbocycles. The Morgan fingerprint density at radius 2 is 2.33 bits per heavy atom. The van der Waals surface area contributed by atoms with E-state index in [2.05, 4.69) is 0 Å². The molecule has 1 aromatic heterocycles. The fourth-order valence-corrected chi connectivity index (χ4v) is 1.05. The first-order valence-electron chi connectivity index (χ1n) is 4.11. The van der Waals surface area contributed by atoms with Crippen LogP contribution in [-0.2, 0) is 11.2 Å². The van der Waals surface area contributed by atoms with Crippen molar-refractivity contribution < 1.29 is 9.15 Å². The molecule has 1 heterocycles. The van der Waals surface area contributed by atoms with Gasteiger partial charge in [-0.3, -0.25) is 0 Å². The number of rotatable bonds is 4. The second kappa shape index (κ2) is 4.28. The Bertz CT molecular complexity index is 232. The van der Waals surface area contributed by atoms with Crippen molar-refractivity contribution in [1.82, 2.24) is 0 Å². The standard InChI is InChI=1S/C9H15NO2/c1-3-7-4-5-9(12-7)8(10)6-11-2/h4-5,8H,3,6,10H2,1-2H3/t8-/m0/s1. The summed E-state index contributed by atoms with van der Waals surface area (Å²) < 4.78 is 10.4. The largest absolute Gasteiger partial charge is 0.464 e. The van der Waals surface area contributed by atoms with E-state index in [1.54, 1.807) is 7.11 Å². The molecule has 0 aliphatic carbocycles. The number of aryl methyl sites for hydroxylation is 1. The van der Waals surface area contributed by atoms with Crippen LogP contribution in [0.2, 0.25) is 0 Å². The molecule has 2 N–H and O–H groups in total. The molecule has 0 fully saturated rings. The molecule has 0 amide bonds. The van der Waals surface area contributed by atoms with E-state index >= 15 is 0 Å². The molecule has 1 rings (SSSR count). The summed E-state index contributed by atoms with van der Waals surface area (Å²) in [7, 11) is 1.63. The first-order valence-corrected chi connectivity index (χ1v) is 4.11. The summed E-state index contributed by atoms with van der Waals surface area (Å²) in [5.74, 6) is 1.77. The molecule has 0 unspecified atom stereocenters. The third kappa shape index (κ3) is 2.09. The first-order chi connectivity index (χ1) is 5.77. The maximum Gasteiger partial charge on any atom is 0.123 e. The first kappa shape index (κ1) is 9.29. The Morgan fingerprint density at radius 1 is 1.58 bits per heavy atom. The summed E-state index contributed by atoms with van der Waals surface area (Å²) in [5.41, 5.74) is 5.75. The van der Waals surface area contributed by atoms with E-state index in [0.717, 1.165) is 17.9 Å². The van der Waals surface area contributed by atoms with E-state index in [4.69, 9.17) is 14.9 Å². The number of methoxy groups -OCH3 is 1. The van der Waals surface area contributed by atoms with E-state index in [0.29, 0.717) is 6.61 Å². The minimum atomic E-state index is -0.143. The molecule has 0 saturated heterocycles. The number of hydrogen-bond acceptors (Lipinski definition) is 3. The van der Waals surface area contributed by atoms with Crippen LogP contribution >= 0.6 is 0 Å². The molecule has 0 aliphatic rings. The predicted octanol–water partition coefficient (Wildman–Crippen LogP) is 1.49. The van der Waals surface area contributed by atoms with Gasteiger partial charge in [0, 0.05) is 13.5 Å². The highest BCUT2D eigenvalue weighted by Gasteiger charge is 2.09. The van der Waals surface area contributed by atoms with Crippen molar-refractivity contribution in [1.29, 1.82) is 0 Å². The van der Waals surface area contributed by atoms with Crippen LogP contribution in [0.1, 0.15) is 24.5 Å². The molecule has 0 radical (unpaired) electrons. The average Bonchev–Trinajstić information content (AvgIpc) is 2.52. The number of ether oxygens (including phenoxy) is 1. The molecule has 12 heavy (non-hydrogen) atoms. The summed E-state index contributed by atoms with van der Waals surface area (Å²) in [6, 6.07) is 3.71. The van der Waals surface area contributed by atoms with E-state index in [-0.39, 0.29) is 6.04 Å². The van der Waals surface area contributed by atoms with Crippen molar-refractivity contribution in [2.24, 2.45) is 5.73 Å². The van der Waals surface area contributed by atoms with Crippen molar-refractivity contribution in [3.8, 4) is 0 Å². The molecule has 3 nitrogen and oxygen atoms in total. The van der Waals surface area contributed by atoms with Crippen LogP contribution < -0.4 is 5.73 Å². The Hall–Kier alpha value is -0.800. The van der Waals surface area contributed by atoms with Gasteiger partial charge < -0.3 is 14.9 Å². The van der Waals surface area contributed by atoms with Crippen molar-refractivity contribution in [2.45, 2.75) is 19.4 Å². The van der Waals surface area contributed by atoms with Crippen LogP contribution in [0.15, 0.2) is 16.5 Å². The second-order valence-corrected chi connectivity index (χ2v) is 2.72. The van der Waals surface area contributed by atoms with Gasteiger partial charge in [0.1, 0.15) is 11.5 Å². The van der Waals surface area contributed by atoms with Crippen molar-refractivity contribution in [2.75, 3.05) is 13.7 Å². The SMILES string of the molecule is CCc1ccc([C@@H](N)COC)o1. The normalized spacial score (nSPS) is 13.2. The van der Waals surface area contributed by atoms with Gasteiger partial charge >= 0.3 is 0 Å². The maximum absolute atomic E-state index is 5.75. The van der Waals surface area contributed by atoms with Gasteiger partial charge in [-0.15, -0.1) is 0 Å². The van der Waals surface area contributed by atoms with Crippen molar-refractivity contribution in [3.05, 3.63) is 23.7 Å². The Balaban J connectivity index is 2.61. The van der Waals surface area contributed by atoms with Gasteiger partial charge in [-0.05, 0) is 12.1 Å². The topological polar surface area (TPSA) is 48.4 Å². The van der Waals surface area contributed by atoms with Crippen LogP contribution in [-0.4, -0.2) is 13.7 Å². The molecule has 3 heteroatoms. The highest BCUT2D eigenvalue weighted by Crippen LogP contribution is 2.14. The van der Waals surface area contributed by atoms with E-state index in [1.165, 1.54) is 0 Å². The molecule has 0 spiro atoms. The molecule has 1 atom stereocenters. The summed E-state index contributed by atoms with van der Waals surface area (Å²) in [6.07, 6.45) is 0.902. The van der Waals surface area contributed by atoms with Gasteiger partial charge in [-0.2, -0.15) is 0 Å². The highest BCUT2D eigenvalue weighted by molar-refractivity contribution is 5.10. The molecular weight excluding hydrogens is 154 g/mol. The van der Waals surface area contributed by atoms with Crippen LogP contribution in [0.5, 0.6) is 0 Å². The Labute approximate surface area is 72.5 Å². The van der Waals surface area contributed by atoms with Gasteiger partial charge in [0.15, 0.2) is 0 Å². The zero-order valence-electron chi connectivity index (χ0n) is 7.54. The van der Waals surface area contributed by atoms with E-state index in [9.17, 15) is 0 Å². The lowest BCUT2D eigenvalue weighted by Gasteiger charge is -2.05. The lowest BCUT2D eigenvalue weighted by atomic mass is 10.2. The summed E-state index contributed by atoms with van der Waals surface area (Å²) in [5, 5.41) is 0. The maximum atomic E-state index is 5.75. The lowest BCUT2D eigenvalue weighted by molar-refractivity contribution is 0.172. The zero-order valence-corrected chi connectivity index (χ0v) is 7.54. The van der Waals surface area contributed by atoms with Crippen LogP contribution in [0.25, 0.3) is 0 Å². The minimum absolute atomic E-state index is 0.143. The van der Waals surface area contributed by atoms with Crippen LogP contribution in [0, 0.1) is 0 Å². The summed E-state index contributed by atoms with van der Waals surface area (Å²) >= 11 is 0. The molecular formula is C9H15NO2. The van der Waals surface area contributed by atoms with Crippen molar-refractivity contribution in [3.63, 3.8) is 0 Å². The molecule has 0 aliphatic heterocycles. The quantitative estimate of drug-likeness (QED) is 0.742. The zero-order chi connectivity index (χ0) is 8.97. The van der Waals surface area contributed by atoms with Crippen LogP contribution in [0.4, 0.5) is 0 Å². The smallest absolute Gasteiger partial charge is 0.123 e. The monoisotopic (exact) mass is 169 g/mol. The summed E-state index contributed by atoms with van der Waals surface area (Å²) in [6.45, 7) is 2.54. The van der Waals surface area contributed by atoms with Gasteiger partial charge in [0.2, 0.25) is 0 Å². The third-order valence-electron chi connectivity index (χ3n) is 1.74. The third-order valence-corrected chi connectivity index (χ3v) is 1.74. The van der Waals surface area contributed by atoms with E-state index < -0.39 is 0 Å². The Kier molecular flexibility index (Phi) is 3.31. The molecule has 0 aromatic carbocycles. The number of furan rings is 1. The van der Waals surface area contributed by atoms with E-state index in [1.807, 2.05) is 19.1 Å². The Morgan fingerprint density at radius 3 is 2.83 bits per heavy atom. The average molecular weight is 169 g/mol. The minimum Gasteiger partial charge on any atom is -0.464 e. The van der Waals surface area contributed by atoms with Gasteiger partial charge in [-0.1, -0.05) is 6.92 Å². The van der Waals surface area contributed by atoms with Gasteiger partial charge in [-0.25, -0.2) is 0 Å². The molecule has 0 bridgehead atoms. The van der Waals surface area contributed by atoms with Crippen molar-refractivity contribution >= 4 is 0 Å². The van der Waals surface area contributed by atoms with Gasteiger partial charge in [0.05, 0.1) is 12.6 Å². The second-order valence-electron chi connectivity index (χ2n) is 2.72. The molecule has 68 valence electrons. The fraction of sp³-hybridized carbons (Fsp3) is 0.556. The number of nitrogens with two attached hydrogens (primary N) is 1. The van der Waals surface area contributed by atoms with Crippen LogP contribution in [0.3, 0.4) is 0 Å². The molecule has 1 aromatic rings. The summed E-state index contributed by atoms with van der Waals surface area (Å²) in [4.78, 5) is 0. The lowest BCUT2D eigenvalue weighted by Crippen LogP contribution is -2.15. The predicted molar refractivity (Wildman–Crippen MR) is 46.9 cm³/mol. The fourth-order valence-electron chi connectivity index (χ4n) is 1.05. The van der Waals surface area contributed by atoms with Gasteiger partial charge in [0.25, 0.3) is 0 Å².